The lowest BCUT2D eigenvalue weighted by molar-refractivity contribution is 0.335. The van der Waals surface area contributed by atoms with E-state index >= 15 is 0 Å². The maximum Gasteiger partial charge on any atom is 0.282 e. The summed E-state index contributed by atoms with van der Waals surface area (Å²) in [5.74, 6) is 2.48. The molecule has 0 unspecified atom stereocenters. The van der Waals surface area contributed by atoms with Crippen LogP contribution in [0.25, 0.3) is 33.6 Å². The summed E-state index contributed by atoms with van der Waals surface area (Å²) >= 11 is 12.4. The van der Waals surface area contributed by atoms with Gasteiger partial charge < -0.3 is 9.15 Å². The van der Waals surface area contributed by atoms with Gasteiger partial charge in [-0.15, -0.1) is 0 Å². The molecule has 6 nitrogen and oxygen atoms in total. The van der Waals surface area contributed by atoms with Gasteiger partial charge in [0, 0.05) is 16.1 Å². The minimum Gasteiger partial charge on any atom is -0.494 e. The van der Waals surface area contributed by atoms with E-state index in [-0.39, 0.29) is 11.5 Å². The summed E-state index contributed by atoms with van der Waals surface area (Å²) in [6.07, 6.45) is 1.50. The van der Waals surface area contributed by atoms with Crippen LogP contribution in [0, 0.1) is 6.92 Å². The van der Waals surface area contributed by atoms with Crippen LogP contribution in [0.4, 0.5) is 0 Å². The van der Waals surface area contributed by atoms with E-state index in [4.69, 9.17) is 37.3 Å². The van der Waals surface area contributed by atoms with Gasteiger partial charge in [0.25, 0.3) is 5.56 Å². The third kappa shape index (κ3) is 5.35. The van der Waals surface area contributed by atoms with Gasteiger partial charge in [0.2, 0.25) is 0 Å². The number of halogens is 2. The Morgan fingerprint density at radius 2 is 1.85 bits per heavy atom. The van der Waals surface area contributed by atoms with Crippen molar-refractivity contribution >= 4 is 40.3 Å². The van der Waals surface area contributed by atoms with Crippen LogP contribution < -0.4 is 10.3 Å². The number of aryl methyl sites for hydroxylation is 1. The third-order valence-electron chi connectivity index (χ3n) is 6.40. The lowest BCUT2D eigenvalue weighted by Crippen LogP contribution is -2.20. The predicted molar refractivity (Wildman–Crippen MR) is 159 cm³/mol. The van der Waals surface area contributed by atoms with Crippen LogP contribution in [0.15, 0.2) is 81.0 Å². The van der Waals surface area contributed by atoms with Crippen molar-refractivity contribution in [2.24, 2.45) is 5.10 Å². The number of hydrogen-bond donors (Lipinski definition) is 0. The average molecular weight is 560 g/mol. The first kappa shape index (κ1) is 26.7. The highest BCUT2D eigenvalue weighted by Gasteiger charge is 2.19. The van der Waals surface area contributed by atoms with Gasteiger partial charge in [0.15, 0.2) is 5.82 Å². The third-order valence-corrected chi connectivity index (χ3v) is 6.94. The van der Waals surface area contributed by atoms with Gasteiger partial charge >= 0.3 is 0 Å². The van der Waals surface area contributed by atoms with Crippen molar-refractivity contribution in [3.05, 3.63) is 104 Å². The molecule has 0 atom stereocenters. The maximum atomic E-state index is 13.7. The number of fused-ring (bicyclic) bond motifs is 1. The van der Waals surface area contributed by atoms with Gasteiger partial charge in [0.05, 0.1) is 28.7 Å². The van der Waals surface area contributed by atoms with E-state index in [2.05, 4.69) is 18.9 Å². The quantitative estimate of drug-likeness (QED) is 0.188. The molecule has 2 heterocycles. The summed E-state index contributed by atoms with van der Waals surface area (Å²) in [6.45, 7) is 8.72. The fraction of sp³-hybridized carbons (Fsp3) is 0.194. The van der Waals surface area contributed by atoms with Crippen molar-refractivity contribution < 1.29 is 9.15 Å². The van der Waals surface area contributed by atoms with Crippen molar-refractivity contribution in [2.45, 2.75) is 33.6 Å². The van der Waals surface area contributed by atoms with Crippen LogP contribution in [0.3, 0.4) is 0 Å². The van der Waals surface area contributed by atoms with E-state index in [0.29, 0.717) is 50.5 Å². The highest BCUT2D eigenvalue weighted by Crippen LogP contribution is 2.35. The van der Waals surface area contributed by atoms with Crippen LogP contribution in [-0.2, 0) is 0 Å². The normalized spacial score (nSPS) is 11.7. The molecule has 2 aromatic heterocycles. The molecule has 0 saturated heterocycles. The largest absolute Gasteiger partial charge is 0.494 e. The van der Waals surface area contributed by atoms with Gasteiger partial charge in [-0.25, -0.2) is 4.98 Å². The van der Waals surface area contributed by atoms with Crippen molar-refractivity contribution in [1.82, 2.24) is 9.66 Å². The molecule has 39 heavy (non-hydrogen) atoms. The van der Waals surface area contributed by atoms with Crippen LogP contribution in [-0.4, -0.2) is 22.5 Å². The number of rotatable bonds is 7. The highest BCUT2D eigenvalue weighted by molar-refractivity contribution is 6.36. The summed E-state index contributed by atoms with van der Waals surface area (Å²) in [5.41, 5.74) is 3.78. The lowest BCUT2D eigenvalue weighted by atomic mass is 9.96. The standard InChI is InChI=1S/C31H27Cl2N3O3/c1-5-38-29-14-19(4)25(16-24(29)18(2)3)30-35-27-9-7-6-8-23(27)31(37)36(30)34-17-21-11-13-28(39-21)22-12-10-20(32)15-26(22)33/h6-18H,5H2,1-4H3. The van der Waals surface area contributed by atoms with Crippen LogP contribution in [0.2, 0.25) is 10.0 Å². The van der Waals surface area contributed by atoms with E-state index in [1.807, 2.05) is 44.2 Å². The molecule has 0 aliphatic heterocycles. The van der Waals surface area contributed by atoms with Gasteiger partial charge in [-0.05, 0) is 85.5 Å². The second-order valence-corrected chi connectivity index (χ2v) is 10.3. The zero-order valence-electron chi connectivity index (χ0n) is 22.0. The molecule has 0 fully saturated rings. The zero-order valence-corrected chi connectivity index (χ0v) is 23.5. The Morgan fingerprint density at radius 3 is 2.59 bits per heavy atom. The monoisotopic (exact) mass is 559 g/mol. The summed E-state index contributed by atoms with van der Waals surface area (Å²) in [4.78, 5) is 18.5. The maximum absolute atomic E-state index is 13.7. The van der Waals surface area contributed by atoms with Crippen LogP contribution >= 0.6 is 23.2 Å². The first-order valence-electron chi connectivity index (χ1n) is 12.7. The van der Waals surface area contributed by atoms with E-state index in [0.717, 1.165) is 22.4 Å². The van der Waals surface area contributed by atoms with E-state index in [1.54, 1.807) is 36.4 Å². The number of furan rings is 1. The molecule has 3 aromatic carbocycles. The van der Waals surface area contributed by atoms with E-state index in [9.17, 15) is 4.79 Å². The molecular formula is C31H27Cl2N3O3. The average Bonchev–Trinajstić information content (AvgIpc) is 3.37. The summed E-state index contributed by atoms with van der Waals surface area (Å²) in [5, 5.41) is 6.05. The molecule has 0 amide bonds. The molecule has 5 aromatic rings. The van der Waals surface area contributed by atoms with Crippen LogP contribution in [0.1, 0.15) is 43.6 Å². The highest BCUT2D eigenvalue weighted by atomic mass is 35.5. The number of nitrogens with zero attached hydrogens (tertiary/aromatic N) is 3. The number of aromatic nitrogens is 2. The summed E-state index contributed by atoms with van der Waals surface area (Å²) < 4.78 is 13.2. The van der Waals surface area contributed by atoms with Gasteiger partial charge in [-0.2, -0.15) is 9.78 Å². The smallest absolute Gasteiger partial charge is 0.282 e. The topological polar surface area (TPSA) is 69.6 Å². The minimum atomic E-state index is -0.279. The molecule has 0 saturated carbocycles. The Balaban J connectivity index is 1.65. The SMILES string of the molecule is CCOc1cc(C)c(-c2nc3ccccc3c(=O)n2N=Cc2ccc(-c3ccc(Cl)cc3Cl)o2)cc1C(C)C. The number of ether oxygens (including phenoxy) is 1. The molecule has 0 bridgehead atoms. The van der Waals surface area contributed by atoms with Crippen LogP contribution in [0.5, 0.6) is 5.75 Å². The van der Waals surface area contributed by atoms with Gasteiger partial charge in [-0.3, -0.25) is 4.79 Å². The van der Waals surface area contributed by atoms with Crippen molar-refractivity contribution in [2.75, 3.05) is 6.61 Å². The number of benzene rings is 3. The molecule has 0 aliphatic carbocycles. The Labute approximate surface area is 236 Å². The fourth-order valence-electron chi connectivity index (χ4n) is 4.45. The summed E-state index contributed by atoms with van der Waals surface area (Å²) in [6, 6.07) is 20.1. The molecule has 0 aliphatic rings. The van der Waals surface area contributed by atoms with E-state index < -0.39 is 0 Å². The second-order valence-electron chi connectivity index (χ2n) is 9.43. The molecule has 0 radical (unpaired) electrons. The fourth-order valence-corrected chi connectivity index (χ4v) is 4.95. The molecule has 5 rings (SSSR count). The number of para-hydroxylation sites is 1. The Kier molecular flexibility index (Phi) is 7.60. The predicted octanol–water partition coefficient (Wildman–Crippen LogP) is 8.34. The first-order chi connectivity index (χ1) is 18.8. The zero-order chi connectivity index (χ0) is 27.7. The van der Waals surface area contributed by atoms with Crippen molar-refractivity contribution in [1.29, 1.82) is 0 Å². The minimum absolute atomic E-state index is 0.205. The van der Waals surface area contributed by atoms with Crippen molar-refractivity contribution in [3.8, 4) is 28.5 Å². The Bertz CT molecular complexity index is 1770. The lowest BCUT2D eigenvalue weighted by Gasteiger charge is -2.18. The van der Waals surface area contributed by atoms with Gasteiger partial charge in [-0.1, -0.05) is 49.2 Å². The molecule has 0 spiro atoms. The van der Waals surface area contributed by atoms with Crippen molar-refractivity contribution in [3.63, 3.8) is 0 Å². The number of hydrogen-bond acceptors (Lipinski definition) is 5. The molecule has 8 heteroatoms. The molecule has 0 N–H and O–H groups in total. The Morgan fingerprint density at radius 1 is 1.05 bits per heavy atom. The summed E-state index contributed by atoms with van der Waals surface area (Å²) in [7, 11) is 0. The molecule has 198 valence electrons. The first-order valence-corrected chi connectivity index (χ1v) is 13.4. The molecular weight excluding hydrogens is 533 g/mol. The second kappa shape index (κ2) is 11.1. The Hall–Kier alpha value is -3.87. The van der Waals surface area contributed by atoms with E-state index in [1.165, 1.54) is 10.9 Å². The van der Waals surface area contributed by atoms with Gasteiger partial charge in [0.1, 0.15) is 17.3 Å².